The molecule has 84 valence electrons. The van der Waals surface area contributed by atoms with Crippen molar-refractivity contribution in [3.8, 4) is 6.07 Å². The van der Waals surface area contributed by atoms with E-state index in [1.807, 2.05) is 6.07 Å². The van der Waals surface area contributed by atoms with Crippen LogP contribution in [-0.4, -0.2) is 5.78 Å². The minimum Gasteiger partial charge on any atom is -0.294 e. The second-order valence-electron chi connectivity index (χ2n) is 3.42. The lowest BCUT2D eigenvalue weighted by Crippen LogP contribution is -2.03. The maximum Gasteiger partial charge on any atom is 0.264 e. The second kappa shape index (κ2) is 4.84. The van der Waals surface area contributed by atoms with Crippen LogP contribution in [0.3, 0.4) is 0 Å². The molecule has 4 heteroatoms. The van der Waals surface area contributed by atoms with E-state index >= 15 is 0 Å². The number of carbonyl (C=O) groups is 1. The quantitative estimate of drug-likeness (QED) is 0.738. The highest BCUT2D eigenvalue weighted by Crippen LogP contribution is 2.27. The average Bonchev–Trinajstić information content (AvgIpc) is 2.26. The molecule has 0 unspecified atom stereocenters. The van der Waals surface area contributed by atoms with Crippen molar-refractivity contribution in [2.45, 2.75) is 26.7 Å². The van der Waals surface area contributed by atoms with E-state index < -0.39 is 12.2 Å². The molecule has 1 aromatic rings. The first-order valence-electron chi connectivity index (χ1n) is 4.87. The number of aryl methyl sites for hydroxylation is 1. The van der Waals surface area contributed by atoms with Gasteiger partial charge in [0.05, 0.1) is 11.6 Å². The third-order valence-corrected chi connectivity index (χ3v) is 2.39. The molecule has 0 heterocycles. The van der Waals surface area contributed by atoms with Gasteiger partial charge in [0.25, 0.3) is 6.43 Å². The van der Waals surface area contributed by atoms with Gasteiger partial charge in [-0.2, -0.15) is 5.26 Å². The summed E-state index contributed by atoms with van der Waals surface area (Å²) in [5.41, 5.74) is 0.479. The minimum atomic E-state index is -2.70. The van der Waals surface area contributed by atoms with Crippen LogP contribution < -0.4 is 0 Å². The summed E-state index contributed by atoms with van der Waals surface area (Å²) in [6.07, 6.45) is -2.21. The lowest BCUT2D eigenvalue weighted by Gasteiger charge is -2.10. The Bertz CT molecular complexity index is 461. The lowest BCUT2D eigenvalue weighted by atomic mass is 9.96. The molecule has 0 spiro atoms. The van der Waals surface area contributed by atoms with E-state index in [2.05, 4.69) is 0 Å². The highest BCUT2D eigenvalue weighted by atomic mass is 19.3. The molecule has 1 rings (SSSR count). The van der Waals surface area contributed by atoms with E-state index in [1.165, 1.54) is 19.1 Å². The molecule has 0 aromatic heterocycles. The van der Waals surface area contributed by atoms with E-state index in [1.54, 1.807) is 6.92 Å². The second-order valence-corrected chi connectivity index (χ2v) is 3.42. The molecule has 0 saturated carbocycles. The largest absolute Gasteiger partial charge is 0.294 e. The molecule has 0 N–H and O–H groups in total. The van der Waals surface area contributed by atoms with Crippen molar-refractivity contribution in [3.63, 3.8) is 0 Å². The molecule has 0 aliphatic rings. The molecule has 0 fully saturated rings. The SMILES string of the molecule is CCc1cc(C(F)F)c(C(C)=O)cc1C#N. The molecule has 0 atom stereocenters. The first-order valence-corrected chi connectivity index (χ1v) is 4.87. The van der Waals surface area contributed by atoms with Crippen molar-refractivity contribution in [3.05, 3.63) is 34.4 Å². The third kappa shape index (κ3) is 2.25. The van der Waals surface area contributed by atoms with Gasteiger partial charge in [-0.05, 0) is 31.0 Å². The Hall–Kier alpha value is -1.76. The van der Waals surface area contributed by atoms with E-state index in [0.717, 1.165) is 0 Å². The van der Waals surface area contributed by atoms with Crippen LogP contribution in [0.15, 0.2) is 12.1 Å². The van der Waals surface area contributed by atoms with E-state index in [9.17, 15) is 13.6 Å². The van der Waals surface area contributed by atoms with E-state index in [-0.39, 0.29) is 16.7 Å². The number of hydrogen-bond acceptors (Lipinski definition) is 2. The maximum absolute atomic E-state index is 12.7. The first-order chi connectivity index (χ1) is 7.51. The third-order valence-electron chi connectivity index (χ3n) is 2.39. The predicted octanol–water partition coefficient (Wildman–Crippen LogP) is 3.26. The zero-order valence-electron chi connectivity index (χ0n) is 9.05. The maximum atomic E-state index is 12.7. The van der Waals surface area contributed by atoms with Crippen LogP contribution in [0, 0.1) is 11.3 Å². The topological polar surface area (TPSA) is 40.9 Å². The first kappa shape index (κ1) is 12.3. The number of nitriles is 1. The molecule has 0 aliphatic carbocycles. The van der Waals surface area contributed by atoms with Crippen LogP contribution in [0.25, 0.3) is 0 Å². The number of nitrogens with zero attached hydrogens (tertiary/aromatic N) is 1. The number of rotatable bonds is 3. The lowest BCUT2D eigenvalue weighted by molar-refractivity contribution is 0.0999. The fourth-order valence-electron chi connectivity index (χ4n) is 1.55. The number of carbonyl (C=O) groups excluding carboxylic acids is 1. The fourth-order valence-corrected chi connectivity index (χ4v) is 1.55. The zero-order chi connectivity index (χ0) is 12.3. The normalized spacial score (nSPS) is 10.2. The molecular weight excluding hydrogens is 212 g/mol. The summed E-state index contributed by atoms with van der Waals surface area (Å²) in [5.74, 6) is -0.450. The molecule has 0 radical (unpaired) electrons. The minimum absolute atomic E-state index is 0.0660. The fraction of sp³-hybridized carbons (Fsp3) is 0.333. The smallest absolute Gasteiger partial charge is 0.264 e. The van der Waals surface area contributed by atoms with Gasteiger partial charge in [-0.1, -0.05) is 6.92 Å². The van der Waals surface area contributed by atoms with Crippen LogP contribution in [0.5, 0.6) is 0 Å². The Labute approximate surface area is 92.5 Å². The Morgan fingerprint density at radius 3 is 2.50 bits per heavy atom. The van der Waals surface area contributed by atoms with Crippen LogP contribution >= 0.6 is 0 Å². The van der Waals surface area contributed by atoms with Gasteiger partial charge in [0.1, 0.15) is 0 Å². The number of benzene rings is 1. The summed E-state index contributed by atoms with van der Waals surface area (Å²) in [6.45, 7) is 2.99. The van der Waals surface area contributed by atoms with Crippen molar-refractivity contribution >= 4 is 5.78 Å². The van der Waals surface area contributed by atoms with Gasteiger partial charge in [0.15, 0.2) is 5.78 Å². The predicted molar refractivity (Wildman–Crippen MR) is 55.5 cm³/mol. The molecule has 0 aliphatic heterocycles. The van der Waals surface area contributed by atoms with Gasteiger partial charge in [-0.25, -0.2) is 8.78 Å². The van der Waals surface area contributed by atoms with Crippen molar-refractivity contribution < 1.29 is 13.6 Å². The van der Waals surface area contributed by atoms with Crippen molar-refractivity contribution in [1.29, 1.82) is 5.26 Å². The molecule has 0 bridgehead atoms. The Morgan fingerprint density at radius 1 is 1.50 bits per heavy atom. The molecular formula is C12H11F2NO. The van der Waals surface area contributed by atoms with Crippen LogP contribution in [0.4, 0.5) is 8.78 Å². The molecule has 2 nitrogen and oxygen atoms in total. The van der Waals surface area contributed by atoms with Crippen LogP contribution in [-0.2, 0) is 6.42 Å². The van der Waals surface area contributed by atoms with Crippen molar-refractivity contribution in [2.75, 3.05) is 0 Å². The summed E-state index contributed by atoms with van der Waals surface area (Å²) in [6, 6.07) is 4.41. The summed E-state index contributed by atoms with van der Waals surface area (Å²) in [4.78, 5) is 11.2. The standard InChI is InChI=1S/C12H11F2NO/c1-3-8-4-11(12(13)14)10(7(2)16)5-9(8)6-15/h4-5,12H,3H2,1-2H3. The van der Waals surface area contributed by atoms with Gasteiger partial charge >= 0.3 is 0 Å². The highest BCUT2D eigenvalue weighted by Gasteiger charge is 2.18. The summed E-state index contributed by atoms with van der Waals surface area (Å²) >= 11 is 0. The molecule has 0 saturated heterocycles. The van der Waals surface area contributed by atoms with Gasteiger partial charge in [-0.15, -0.1) is 0 Å². The molecule has 16 heavy (non-hydrogen) atoms. The summed E-state index contributed by atoms with van der Waals surface area (Å²) in [7, 11) is 0. The van der Waals surface area contributed by atoms with Gasteiger partial charge in [0, 0.05) is 11.1 Å². The number of alkyl halides is 2. The van der Waals surface area contributed by atoms with Gasteiger partial charge in [-0.3, -0.25) is 4.79 Å². The highest BCUT2D eigenvalue weighted by molar-refractivity contribution is 5.96. The molecule has 1 aromatic carbocycles. The number of ketones is 1. The van der Waals surface area contributed by atoms with Crippen molar-refractivity contribution in [2.24, 2.45) is 0 Å². The zero-order valence-corrected chi connectivity index (χ0v) is 9.05. The summed E-state index contributed by atoms with van der Waals surface area (Å²) in [5, 5.41) is 8.84. The Balaban J connectivity index is 3.49. The van der Waals surface area contributed by atoms with Crippen LogP contribution in [0.2, 0.25) is 0 Å². The van der Waals surface area contributed by atoms with Crippen LogP contribution in [0.1, 0.15) is 47.3 Å². The molecule has 0 amide bonds. The van der Waals surface area contributed by atoms with Gasteiger partial charge in [0.2, 0.25) is 0 Å². The summed E-state index contributed by atoms with van der Waals surface area (Å²) < 4.78 is 25.4. The number of Topliss-reactive ketones (excluding diaryl/α,β-unsaturated/α-hetero) is 1. The monoisotopic (exact) mass is 223 g/mol. The average molecular weight is 223 g/mol. The Kier molecular flexibility index (Phi) is 3.73. The van der Waals surface area contributed by atoms with E-state index in [4.69, 9.17) is 5.26 Å². The Morgan fingerprint density at radius 2 is 2.12 bits per heavy atom. The number of hydrogen-bond donors (Lipinski definition) is 0. The van der Waals surface area contributed by atoms with Crippen molar-refractivity contribution in [1.82, 2.24) is 0 Å². The number of halogens is 2. The van der Waals surface area contributed by atoms with Gasteiger partial charge < -0.3 is 0 Å². The van der Waals surface area contributed by atoms with E-state index in [0.29, 0.717) is 12.0 Å².